The molecular weight excluding hydrogens is 460 g/mol. The number of halogens is 4. The molecule has 1 fully saturated rings. The summed E-state index contributed by atoms with van der Waals surface area (Å²) in [6, 6.07) is 9.78. The van der Waals surface area contributed by atoms with Gasteiger partial charge < -0.3 is 0 Å². The summed E-state index contributed by atoms with van der Waals surface area (Å²) in [6.45, 7) is 0. The third-order valence-electron chi connectivity index (χ3n) is 4.87. The average Bonchev–Trinajstić information content (AvgIpc) is 2.71. The maximum Gasteiger partial charge on any atom is 0.416 e. The zero-order valence-corrected chi connectivity index (χ0v) is 18.1. The number of amides is 2. The van der Waals surface area contributed by atoms with Gasteiger partial charge in [-0.2, -0.15) is 13.2 Å². The average molecular weight is 475 g/mol. The van der Waals surface area contributed by atoms with Gasteiger partial charge in [0, 0.05) is 24.0 Å². The Bertz CT molecular complexity index is 1050. The van der Waals surface area contributed by atoms with Crippen molar-refractivity contribution in [1.29, 1.82) is 0 Å². The van der Waals surface area contributed by atoms with Crippen molar-refractivity contribution in [2.75, 3.05) is 14.1 Å². The van der Waals surface area contributed by atoms with Crippen LogP contribution < -0.4 is 5.30 Å². The molecule has 0 saturated carbocycles. The van der Waals surface area contributed by atoms with Crippen molar-refractivity contribution in [1.82, 2.24) is 9.34 Å². The van der Waals surface area contributed by atoms with E-state index in [2.05, 4.69) is 0 Å². The molecule has 0 atom stereocenters. The molecule has 11 heteroatoms. The molecule has 1 heterocycles. The lowest BCUT2D eigenvalue weighted by molar-refractivity contribution is -0.140. The molecule has 0 unspecified atom stereocenters. The van der Waals surface area contributed by atoms with Crippen LogP contribution in [0, 0.1) is 5.92 Å². The van der Waals surface area contributed by atoms with Crippen LogP contribution in [0.5, 0.6) is 0 Å². The minimum absolute atomic E-state index is 0.134. The van der Waals surface area contributed by atoms with Gasteiger partial charge in [-0.25, -0.2) is 0 Å². The topological polar surface area (TPSA) is 57.7 Å². The van der Waals surface area contributed by atoms with Crippen molar-refractivity contribution in [3.63, 3.8) is 0 Å². The first kappa shape index (κ1) is 22.5. The Kier molecular flexibility index (Phi) is 5.84. The molecular formula is C19H15ClF3N2O3PS. The molecule has 1 saturated heterocycles. The fourth-order valence-electron chi connectivity index (χ4n) is 3.14. The Morgan fingerprint density at radius 2 is 1.43 bits per heavy atom. The summed E-state index contributed by atoms with van der Waals surface area (Å²) in [6.07, 6.45) is -4.53. The molecule has 2 aromatic rings. The number of rotatable bonds is 3. The highest BCUT2D eigenvalue weighted by atomic mass is 35.5. The van der Waals surface area contributed by atoms with E-state index >= 15 is 0 Å². The predicted molar refractivity (Wildman–Crippen MR) is 111 cm³/mol. The number of carbonyl (C=O) groups excluding carboxylic acids is 2. The second-order valence-electron chi connectivity index (χ2n) is 6.62. The van der Waals surface area contributed by atoms with Crippen LogP contribution in [0.3, 0.4) is 0 Å². The van der Waals surface area contributed by atoms with Crippen LogP contribution in [-0.4, -0.2) is 40.1 Å². The SMILES string of the molecule is CN1C(=O)C(C(=S)c2ccc(C(F)(F)F)cc2)C(=O)N(C)P1(=O)c1ccc(Cl)cc1. The molecule has 0 spiro atoms. The highest BCUT2D eigenvalue weighted by Gasteiger charge is 2.52. The van der Waals surface area contributed by atoms with Crippen molar-refractivity contribution in [3.8, 4) is 0 Å². The molecule has 2 amide bonds. The van der Waals surface area contributed by atoms with Crippen LogP contribution in [0.15, 0.2) is 48.5 Å². The van der Waals surface area contributed by atoms with Crippen molar-refractivity contribution in [2.24, 2.45) is 5.92 Å². The highest BCUT2D eigenvalue weighted by Crippen LogP contribution is 2.54. The van der Waals surface area contributed by atoms with Gasteiger partial charge in [-0.05, 0) is 42.0 Å². The zero-order valence-electron chi connectivity index (χ0n) is 15.7. The monoisotopic (exact) mass is 474 g/mol. The zero-order chi connectivity index (χ0) is 22.4. The smallest absolute Gasteiger partial charge is 0.275 e. The minimum atomic E-state index is -4.53. The maximum atomic E-state index is 13.7. The number of hydrogen-bond donors (Lipinski definition) is 0. The Labute approximate surface area is 180 Å². The number of alkyl halides is 3. The Balaban J connectivity index is 1.97. The molecule has 3 rings (SSSR count). The molecule has 5 nitrogen and oxygen atoms in total. The summed E-state index contributed by atoms with van der Waals surface area (Å²) in [7, 11) is -1.19. The van der Waals surface area contributed by atoms with Gasteiger partial charge in [0.25, 0.3) is 7.44 Å². The predicted octanol–water partition coefficient (Wildman–Crippen LogP) is 4.14. The fourth-order valence-corrected chi connectivity index (χ4v) is 6.01. The van der Waals surface area contributed by atoms with Gasteiger partial charge in [-0.3, -0.25) is 23.5 Å². The number of carbonyl (C=O) groups is 2. The van der Waals surface area contributed by atoms with Gasteiger partial charge in [0.05, 0.1) is 10.9 Å². The lowest BCUT2D eigenvalue weighted by Gasteiger charge is -2.42. The summed E-state index contributed by atoms with van der Waals surface area (Å²) >= 11 is 11.1. The molecule has 0 N–H and O–H groups in total. The van der Waals surface area contributed by atoms with E-state index in [9.17, 15) is 27.3 Å². The minimum Gasteiger partial charge on any atom is -0.275 e. The first-order valence-electron chi connectivity index (χ1n) is 8.52. The van der Waals surface area contributed by atoms with Crippen LogP contribution >= 0.6 is 31.3 Å². The molecule has 1 aliphatic heterocycles. The first-order valence-corrected chi connectivity index (χ1v) is 10.9. The molecule has 1 aliphatic rings. The summed E-state index contributed by atoms with van der Waals surface area (Å²) < 4.78 is 54.0. The van der Waals surface area contributed by atoms with Crippen molar-refractivity contribution in [3.05, 3.63) is 64.7 Å². The van der Waals surface area contributed by atoms with E-state index in [1.54, 1.807) is 0 Å². The number of hydrogen-bond acceptors (Lipinski definition) is 4. The van der Waals surface area contributed by atoms with Crippen molar-refractivity contribution >= 4 is 53.2 Å². The van der Waals surface area contributed by atoms with E-state index in [0.717, 1.165) is 33.6 Å². The maximum absolute atomic E-state index is 13.7. The molecule has 0 aliphatic carbocycles. The van der Waals surface area contributed by atoms with E-state index in [0.29, 0.717) is 5.02 Å². The van der Waals surface area contributed by atoms with E-state index < -0.39 is 36.9 Å². The van der Waals surface area contributed by atoms with E-state index in [1.165, 1.54) is 38.4 Å². The summed E-state index contributed by atoms with van der Waals surface area (Å²) in [4.78, 5) is 25.8. The summed E-state index contributed by atoms with van der Waals surface area (Å²) in [5.41, 5.74) is -0.744. The number of nitrogens with zero attached hydrogens (tertiary/aromatic N) is 2. The summed E-state index contributed by atoms with van der Waals surface area (Å²) in [5, 5.41) is 0.629. The standard InChI is InChI=1S/C19H15ClF3N2O3PS/c1-24-17(26)15(16(30)11-3-5-12(6-4-11)19(21,22)23)18(27)25(2)29(24,28)14-9-7-13(20)8-10-14/h3-10,15H,1-2H3. The van der Waals surface area contributed by atoms with Gasteiger partial charge in [0.1, 0.15) is 0 Å². The number of benzene rings is 2. The first-order chi connectivity index (χ1) is 13.9. The molecule has 2 aromatic carbocycles. The van der Waals surface area contributed by atoms with Crippen LogP contribution in [0.1, 0.15) is 11.1 Å². The van der Waals surface area contributed by atoms with E-state index in [4.69, 9.17) is 23.8 Å². The second-order valence-corrected chi connectivity index (χ2v) is 10.3. The van der Waals surface area contributed by atoms with Crippen LogP contribution in [0.25, 0.3) is 0 Å². The van der Waals surface area contributed by atoms with Gasteiger partial charge in [0.2, 0.25) is 11.8 Å². The lowest BCUT2D eigenvalue weighted by Crippen LogP contribution is -2.54. The molecule has 158 valence electrons. The third kappa shape index (κ3) is 3.66. The van der Waals surface area contributed by atoms with Crippen LogP contribution in [0.4, 0.5) is 13.2 Å². The Hall–Kier alpha value is -2.22. The van der Waals surface area contributed by atoms with Crippen LogP contribution in [-0.2, 0) is 20.3 Å². The Morgan fingerprint density at radius 1 is 0.967 bits per heavy atom. The molecule has 0 aromatic heterocycles. The van der Waals surface area contributed by atoms with Gasteiger partial charge in [-0.15, -0.1) is 0 Å². The van der Waals surface area contributed by atoms with Crippen molar-refractivity contribution in [2.45, 2.75) is 6.18 Å². The highest BCUT2D eigenvalue weighted by molar-refractivity contribution is 7.81. The van der Waals surface area contributed by atoms with Gasteiger partial charge >= 0.3 is 6.18 Å². The molecule has 0 bridgehead atoms. The molecule has 0 radical (unpaired) electrons. The van der Waals surface area contributed by atoms with Crippen molar-refractivity contribution < 1.29 is 27.3 Å². The molecule has 30 heavy (non-hydrogen) atoms. The third-order valence-corrected chi connectivity index (χ3v) is 8.58. The number of thiocarbonyl (C=S) groups is 1. The van der Waals surface area contributed by atoms with Gasteiger partial charge in [-0.1, -0.05) is 36.0 Å². The largest absolute Gasteiger partial charge is 0.416 e. The quantitative estimate of drug-likeness (QED) is 0.290. The Morgan fingerprint density at radius 3 is 1.87 bits per heavy atom. The fraction of sp³-hybridized carbons (Fsp3) is 0.211. The van der Waals surface area contributed by atoms with E-state index in [1.807, 2.05) is 0 Å². The second kappa shape index (κ2) is 7.80. The normalized spacial score (nSPS) is 22.4. The van der Waals surface area contributed by atoms with Crippen LogP contribution in [0.2, 0.25) is 5.02 Å². The van der Waals surface area contributed by atoms with E-state index in [-0.39, 0.29) is 15.7 Å². The van der Waals surface area contributed by atoms with Gasteiger partial charge in [0.15, 0.2) is 5.92 Å². The lowest BCUT2D eigenvalue weighted by atomic mass is 9.96. The summed E-state index contributed by atoms with van der Waals surface area (Å²) in [5.74, 6) is -3.05.